The second kappa shape index (κ2) is 9.93. The molecule has 0 aromatic heterocycles. The van der Waals surface area contributed by atoms with Crippen LogP contribution in [-0.4, -0.2) is 48.9 Å². The van der Waals surface area contributed by atoms with Crippen molar-refractivity contribution in [3.8, 4) is 0 Å². The molecular formula is C20H30ClN3O2. The lowest BCUT2D eigenvalue weighted by Crippen LogP contribution is -2.52. The second-order valence-electron chi connectivity index (χ2n) is 7.43. The number of amides is 2. The summed E-state index contributed by atoms with van der Waals surface area (Å²) >= 11 is 0. The average Bonchev–Trinajstić information content (AvgIpc) is 2.64. The highest BCUT2D eigenvalue weighted by Crippen LogP contribution is 2.19. The third-order valence-electron chi connectivity index (χ3n) is 5.46. The van der Waals surface area contributed by atoms with Crippen LogP contribution in [0, 0.1) is 11.8 Å². The van der Waals surface area contributed by atoms with E-state index in [-0.39, 0.29) is 36.2 Å². The highest BCUT2D eigenvalue weighted by molar-refractivity contribution is 5.85. The Hall–Kier alpha value is -1.59. The lowest BCUT2D eigenvalue weighted by atomic mass is 9.92. The number of hydrogen-bond acceptors (Lipinski definition) is 3. The van der Waals surface area contributed by atoms with Gasteiger partial charge in [-0.2, -0.15) is 0 Å². The molecule has 1 aromatic carbocycles. The molecule has 0 radical (unpaired) electrons. The summed E-state index contributed by atoms with van der Waals surface area (Å²) in [4.78, 5) is 27.1. The quantitative estimate of drug-likeness (QED) is 0.841. The summed E-state index contributed by atoms with van der Waals surface area (Å²) in [6.07, 6.45) is 3.18. The molecule has 0 saturated carbocycles. The molecule has 5 nitrogen and oxygen atoms in total. The van der Waals surface area contributed by atoms with E-state index >= 15 is 0 Å². The van der Waals surface area contributed by atoms with Gasteiger partial charge in [-0.05, 0) is 43.8 Å². The molecule has 2 heterocycles. The monoisotopic (exact) mass is 379 g/mol. The molecule has 6 heteroatoms. The molecule has 3 rings (SSSR count). The minimum Gasteiger partial charge on any atom is -0.353 e. The predicted molar refractivity (Wildman–Crippen MR) is 105 cm³/mol. The van der Waals surface area contributed by atoms with Crippen molar-refractivity contribution in [2.45, 2.75) is 38.6 Å². The van der Waals surface area contributed by atoms with Gasteiger partial charge in [0.15, 0.2) is 0 Å². The van der Waals surface area contributed by atoms with Crippen molar-refractivity contribution in [3.63, 3.8) is 0 Å². The highest BCUT2D eigenvalue weighted by atomic mass is 35.5. The van der Waals surface area contributed by atoms with Crippen LogP contribution in [0.15, 0.2) is 30.3 Å². The van der Waals surface area contributed by atoms with Gasteiger partial charge in [0.2, 0.25) is 11.8 Å². The maximum atomic E-state index is 12.7. The van der Waals surface area contributed by atoms with Crippen LogP contribution in [0.3, 0.4) is 0 Å². The number of likely N-dealkylation sites (tertiary alicyclic amines) is 1. The fourth-order valence-electron chi connectivity index (χ4n) is 3.83. The van der Waals surface area contributed by atoms with Gasteiger partial charge < -0.3 is 15.5 Å². The van der Waals surface area contributed by atoms with E-state index < -0.39 is 0 Å². The molecule has 0 spiro atoms. The Kier molecular flexibility index (Phi) is 7.91. The van der Waals surface area contributed by atoms with Crippen LogP contribution < -0.4 is 10.6 Å². The second-order valence-corrected chi connectivity index (χ2v) is 7.43. The highest BCUT2D eigenvalue weighted by Gasteiger charge is 2.31. The number of nitrogens with one attached hydrogen (secondary N) is 2. The number of piperidine rings is 2. The molecule has 2 N–H and O–H groups in total. The Labute approximate surface area is 162 Å². The Morgan fingerprint density at radius 2 is 2.00 bits per heavy atom. The number of benzene rings is 1. The van der Waals surface area contributed by atoms with E-state index in [9.17, 15) is 9.59 Å². The van der Waals surface area contributed by atoms with Crippen LogP contribution >= 0.6 is 12.4 Å². The minimum absolute atomic E-state index is 0. The van der Waals surface area contributed by atoms with Gasteiger partial charge in [-0.1, -0.05) is 37.3 Å². The summed E-state index contributed by atoms with van der Waals surface area (Å²) in [6, 6.07) is 10.1. The van der Waals surface area contributed by atoms with Crippen molar-refractivity contribution in [2.75, 3.05) is 26.2 Å². The minimum atomic E-state index is -0.0736. The van der Waals surface area contributed by atoms with Crippen molar-refractivity contribution in [3.05, 3.63) is 35.9 Å². The molecule has 144 valence electrons. The number of hydrogen-bond donors (Lipinski definition) is 2. The van der Waals surface area contributed by atoms with Gasteiger partial charge in [0.25, 0.3) is 0 Å². The van der Waals surface area contributed by atoms with Crippen LogP contribution in [-0.2, 0) is 16.0 Å². The summed E-state index contributed by atoms with van der Waals surface area (Å²) in [5, 5.41) is 6.59. The zero-order valence-corrected chi connectivity index (χ0v) is 16.3. The molecule has 2 saturated heterocycles. The van der Waals surface area contributed by atoms with E-state index in [2.05, 4.69) is 17.6 Å². The van der Waals surface area contributed by atoms with Gasteiger partial charge >= 0.3 is 0 Å². The lowest BCUT2D eigenvalue weighted by Gasteiger charge is -2.35. The molecule has 3 atom stereocenters. The summed E-state index contributed by atoms with van der Waals surface area (Å²) in [7, 11) is 0. The first-order valence-corrected chi connectivity index (χ1v) is 9.46. The van der Waals surface area contributed by atoms with Gasteiger partial charge in [0, 0.05) is 19.1 Å². The fourth-order valence-corrected chi connectivity index (χ4v) is 3.83. The van der Waals surface area contributed by atoms with Gasteiger partial charge in [0.1, 0.15) is 0 Å². The smallest absolute Gasteiger partial charge is 0.227 e. The molecule has 2 aliphatic heterocycles. The Balaban J connectivity index is 0.00000243. The van der Waals surface area contributed by atoms with Gasteiger partial charge in [0.05, 0.1) is 12.3 Å². The average molecular weight is 380 g/mol. The van der Waals surface area contributed by atoms with Crippen molar-refractivity contribution in [1.29, 1.82) is 0 Å². The van der Waals surface area contributed by atoms with E-state index in [1.807, 2.05) is 35.2 Å². The molecule has 2 aliphatic rings. The fraction of sp³-hybridized carbons (Fsp3) is 0.600. The number of carbonyl (C=O) groups excluding carboxylic acids is 2. The molecule has 3 unspecified atom stereocenters. The van der Waals surface area contributed by atoms with Crippen LogP contribution in [0.25, 0.3) is 0 Å². The first kappa shape index (κ1) is 20.7. The molecule has 0 aliphatic carbocycles. The first-order valence-electron chi connectivity index (χ1n) is 9.46. The first-order chi connectivity index (χ1) is 12.1. The Morgan fingerprint density at radius 1 is 1.23 bits per heavy atom. The largest absolute Gasteiger partial charge is 0.353 e. The molecule has 26 heavy (non-hydrogen) atoms. The molecule has 1 aromatic rings. The zero-order chi connectivity index (χ0) is 17.6. The molecule has 0 bridgehead atoms. The molecule has 2 fully saturated rings. The number of rotatable bonds is 4. The third kappa shape index (κ3) is 5.45. The van der Waals surface area contributed by atoms with Crippen molar-refractivity contribution in [2.24, 2.45) is 11.8 Å². The van der Waals surface area contributed by atoms with Gasteiger partial charge in [-0.15, -0.1) is 12.4 Å². The maximum absolute atomic E-state index is 12.7. The van der Waals surface area contributed by atoms with Crippen LogP contribution in [0.2, 0.25) is 0 Å². The SMILES string of the molecule is CC1CNCCC1NC(=O)C1CCCN(C(=O)Cc2ccccc2)C1.Cl. The van der Waals surface area contributed by atoms with Crippen LogP contribution in [0.5, 0.6) is 0 Å². The van der Waals surface area contributed by atoms with E-state index in [1.54, 1.807) is 0 Å². The van der Waals surface area contributed by atoms with Crippen LogP contribution in [0.4, 0.5) is 0 Å². The Bertz CT molecular complexity index is 596. The van der Waals surface area contributed by atoms with E-state index in [4.69, 9.17) is 0 Å². The summed E-state index contributed by atoms with van der Waals surface area (Å²) < 4.78 is 0. The molecule has 2 amide bonds. The summed E-state index contributed by atoms with van der Waals surface area (Å²) in [5.74, 6) is 0.627. The standard InChI is InChI=1S/C20H29N3O2.ClH/c1-15-13-21-10-9-18(15)22-20(25)17-8-5-11-23(14-17)19(24)12-16-6-3-2-4-7-16;/h2-4,6-7,15,17-18,21H,5,8-14H2,1H3,(H,22,25);1H. The van der Waals surface area contributed by atoms with Crippen molar-refractivity contribution < 1.29 is 9.59 Å². The van der Waals surface area contributed by atoms with Crippen LogP contribution in [0.1, 0.15) is 31.7 Å². The van der Waals surface area contributed by atoms with E-state index in [1.165, 1.54) is 0 Å². The van der Waals surface area contributed by atoms with Gasteiger partial charge in [-0.3, -0.25) is 9.59 Å². The molecular weight excluding hydrogens is 350 g/mol. The number of halogens is 1. The predicted octanol–water partition coefficient (Wildman–Crippen LogP) is 2.00. The summed E-state index contributed by atoms with van der Waals surface area (Å²) in [5.41, 5.74) is 1.03. The topological polar surface area (TPSA) is 61.4 Å². The summed E-state index contributed by atoms with van der Waals surface area (Å²) in [6.45, 7) is 5.41. The number of carbonyl (C=O) groups is 2. The third-order valence-corrected chi connectivity index (χ3v) is 5.46. The van der Waals surface area contributed by atoms with E-state index in [0.29, 0.717) is 18.9 Å². The zero-order valence-electron chi connectivity index (χ0n) is 15.4. The lowest BCUT2D eigenvalue weighted by molar-refractivity contribution is -0.135. The van der Waals surface area contributed by atoms with Crippen molar-refractivity contribution >= 4 is 24.2 Å². The number of nitrogens with zero attached hydrogens (tertiary/aromatic N) is 1. The van der Waals surface area contributed by atoms with Crippen molar-refractivity contribution in [1.82, 2.24) is 15.5 Å². The normalized spacial score (nSPS) is 25.9. The van der Waals surface area contributed by atoms with E-state index in [0.717, 1.165) is 44.5 Å². The Morgan fingerprint density at radius 3 is 2.73 bits per heavy atom. The van der Waals surface area contributed by atoms with Gasteiger partial charge in [-0.25, -0.2) is 0 Å². The maximum Gasteiger partial charge on any atom is 0.227 e.